The third-order valence-electron chi connectivity index (χ3n) is 3.73. The second kappa shape index (κ2) is 5.03. The van der Waals surface area contributed by atoms with Gasteiger partial charge in [-0.2, -0.15) is 5.10 Å². The zero-order valence-corrected chi connectivity index (χ0v) is 11.8. The fourth-order valence-corrected chi connectivity index (χ4v) is 2.26. The van der Waals surface area contributed by atoms with Crippen molar-refractivity contribution in [2.45, 2.75) is 39.3 Å². The smallest absolute Gasteiger partial charge is 0.251 e. The molecular formula is C13H20N4O2. The number of aryl methyl sites for hydroxylation is 1. The van der Waals surface area contributed by atoms with Gasteiger partial charge in [-0.05, 0) is 12.8 Å². The molecule has 0 aromatic carbocycles. The van der Waals surface area contributed by atoms with E-state index in [1.165, 1.54) is 4.90 Å². The first-order chi connectivity index (χ1) is 8.95. The summed E-state index contributed by atoms with van der Waals surface area (Å²) < 4.78 is 1.63. The molecule has 19 heavy (non-hydrogen) atoms. The molecular weight excluding hydrogens is 244 g/mol. The number of aromatic nitrogens is 2. The second-order valence-corrected chi connectivity index (χ2v) is 5.10. The van der Waals surface area contributed by atoms with E-state index < -0.39 is 12.1 Å². The highest BCUT2D eigenvalue weighted by Gasteiger charge is 2.41. The molecule has 0 bridgehead atoms. The van der Waals surface area contributed by atoms with Crippen LogP contribution < -0.4 is 10.2 Å². The Balaban J connectivity index is 2.34. The van der Waals surface area contributed by atoms with Crippen molar-refractivity contribution in [1.82, 2.24) is 15.1 Å². The first-order valence-corrected chi connectivity index (χ1v) is 6.58. The first-order valence-electron chi connectivity index (χ1n) is 6.58. The largest absolute Gasteiger partial charge is 0.342 e. The van der Waals surface area contributed by atoms with Crippen LogP contribution in [0.3, 0.4) is 0 Å². The molecule has 1 N–H and O–H groups in total. The quantitative estimate of drug-likeness (QED) is 0.873. The molecule has 1 saturated heterocycles. The Morgan fingerprint density at radius 3 is 2.68 bits per heavy atom. The number of rotatable bonds is 3. The highest BCUT2D eigenvalue weighted by molar-refractivity contribution is 6.07. The summed E-state index contributed by atoms with van der Waals surface area (Å²) in [6, 6.07) is 0.763. The van der Waals surface area contributed by atoms with Crippen molar-refractivity contribution in [3.05, 3.63) is 12.3 Å². The van der Waals surface area contributed by atoms with Crippen LogP contribution in [0.4, 0.5) is 5.82 Å². The number of carbonyl (C=O) groups is 2. The lowest BCUT2D eigenvalue weighted by atomic mass is 9.94. The van der Waals surface area contributed by atoms with Crippen LogP contribution in [0.5, 0.6) is 0 Å². The molecule has 6 nitrogen and oxygen atoms in total. The molecule has 1 aliphatic heterocycles. The van der Waals surface area contributed by atoms with Crippen LogP contribution >= 0.6 is 0 Å². The second-order valence-electron chi connectivity index (χ2n) is 5.10. The van der Waals surface area contributed by atoms with Crippen molar-refractivity contribution < 1.29 is 9.59 Å². The molecule has 0 radical (unpaired) electrons. The SMILES string of the molecule is CCC(C)C1NC(=O)C(C)N(c2ccn(C)n2)C1=O. The van der Waals surface area contributed by atoms with Crippen LogP contribution in [0, 0.1) is 5.92 Å². The molecule has 3 unspecified atom stereocenters. The van der Waals surface area contributed by atoms with Gasteiger partial charge < -0.3 is 5.32 Å². The summed E-state index contributed by atoms with van der Waals surface area (Å²) in [5.41, 5.74) is 0. The molecule has 0 aliphatic carbocycles. The molecule has 2 heterocycles. The summed E-state index contributed by atoms with van der Waals surface area (Å²) in [5.74, 6) is 0.425. The number of hydrogen-bond acceptors (Lipinski definition) is 3. The van der Waals surface area contributed by atoms with Gasteiger partial charge in [0, 0.05) is 19.3 Å². The van der Waals surface area contributed by atoms with Crippen molar-refractivity contribution in [2.24, 2.45) is 13.0 Å². The van der Waals surface area contributed by atoms with Gasteiger partial charge in [0.2, 0.25) is 5.91 Å². The van der Waals surface area contributed by atoms with Crippen molar-refractivity contribution >= 4 is 17.6 Å². The number of amides is 2. The van der Waals surface area contributed by atoms with E-state index in [0.29, 0.717) is 5.82 Å². The van der Waals surface area contributed by atoms with E-state index in [2.05, 4.69) is 10.4 Å². The van der Waals surface area contributed by atoms with E-state index >= 15 is 0 Å². The Morgan fingerprint density at radius 2 is 2.16 bits per heavy atom. The lowest BCUT2D eigenvalue weighted by Crippen LogP contribution is -2.64. The zero-order chi connectivity index (χ0) is 14.2. The van der Waals surface area contributed by atoms with E-state index in [4.69, 9.17) is 0 Å². The van der Waals surface area contributed by atoms with Crippen molar-refractivity contribution in [3.63, 3.8) is 0 Å². The summed E-state index contributed by atoms with van der Waals surface area (Å²) >= 11 is 0. The van der Waals surface area contributed by atoms with Gasteiger partial charge in [-0.25, -0.2) is 0 Å². The Hall–Kier alpha value is -1.85. The van der Waals surface area contributed by atoms with Gasteiger partial charge in [-0.15, -0.1) is 0 Å². The zero-order valence-electron chi connectivity index (χ0n) is 11.8. The fourth-order valence-electron chi connectivity index (χ4n) is 2.26. The molecule has 1 fully saturated rings. The van der Waals surface area contributed by atoms with E-state index in [9.17, 15) is 9.59 Å². The minimum absolute atomic E-state index is 0.0832. The Kier molecular flexibility index (Phi) is 3.59. The Morgan fingerprint density at radius 1 is 1.47 bits per heavy atom. The van der Waals surface area contributed by atoms with Gasteiger partial charge in [0.05, 0.1) is 0 Å². The summed E-state index contributed by atoms with van der Waals surface area (Å²) in [5, 5.41) is 7.04. The van der Waals surface area contributed by atoms with Crippen LogP contribution in [0.15, 0.2) is 12.3 Å². The molecule has 104 valence electrons. The topological polar surface area (TPSA) is 67.2 Å². The minimum atomic E-state index is -0.525. The van der Waals surface area contributed by atoms with Crippen LogP contribution in [0.2, 0.25) is 0 Å². The molecule has 2 amide bonds. The lowest BCUT2D eigenvalue weighted by molar-refractivity contribution is -0.134. The van der Waals surface area contributed by atoms with Crippen LogP contribution in [0.1, 0.15) is 27.2 Å². The first kappa shape index (κ1) is 13.6. The third-order valence-corrected chi connectivity index (χ3v) is 3.73. The van der Waals surface area contributed by atoms with Gasteiger partial charge in [-0.1, -0.05) is 20.3 Å². The highest BCUT2D eigenvalue weighted by Crippen LogP contribution is 2.22. The number of carbonyl (C=O) groups excluding carboxylic acids is 2. The number of anilines is 1. The number of nitrogens with one attached hydrogen (secondary N) is 1. The van der Waals surface area contributed by atoms with Crippen LogP contribution in [-0.4, -0.2) is 33.7 Å². The Labute approximate surface area is 112 Å². The van der Waals surface area contributed by atoms with Crippen molar-refractivity contribution in [3.8, 4) is 0 Å². The predicted molar refractivity (Wildman–Crippen MR) is 71.5 cm³/mol. The molecule has 1 aromatic heterocycles. The van der Waals surface area contributed by atoms with Crippen LogP contribution in [-0.2, 0) is 16.6 Å². The molecule has 1 aromatic rings. The molecule has 1 aliphatic rings. The maximum atomic E-state index is 12.6. The van der Waals surface area contributed by atoms with Gasteiger partial charge >= 0.3 is 0 Å². The summed E-state index contributed by atoms with van der Waals surface area (Å²) in [6.07, 6.45) is 2.60. The average Bonchev–Trinajstić information content (AvgIpc) is 2.79. The van der Waals surface area contributed by atoms with Crippen molar-refractivity contribution in [2.75, 3.05) is 4.90 Å². The fraction of sp³-hybridized carbons (Fsp3) is 0.615. The maximum absolute atomic E-state index is 12.6. The summed E-state index contributed by atoms with van der Waals surface area (Å²) in [6.45, 7) is 5.69. The molecule has 2 rings (SSSR count). The van der Waals surface area contributed by atoms with Gasteiger partial charge in [0.1, 0.15) is 12.1 Å². The van der Waals surface area contributed by atoms with Gasteiger partial charge in [-0.3, -0.25) is 19.2 Å². The molecule has 3 atom stereocenters. The summed E-state index contributed by atoms with van der Waals surface area (Å²) in [4.78, 5) is 26.1. The minimum Gasteiger partial charge on any atom is -0.342 e. The van der Waals surface area contributed by atoms with Crippen molar-refractivity contribution in [1.29, 1.82) is 0 Å². The van der Waals surface area contributed by atoms with E-state index in [-0.39, 0.29) is 17.7 Å². The van der Waals surface area contributed by atoms with Gasteiger partial charge in [0.15, 0.2) is 5.82 Å². The van der Waals surface area contributed by atoms with E-state index in [1.807, 2.05) is 13.8 Å². The predicted octanol–water partition coefficient (Wildman–Crippen LogP) is 0.686. The maximum Gasteiger partial charge on any atom is 0.251 e. The van der Waals surface area contributed by atoms with E-state index in [0.717, 1.165) is 6.42 Å². The molecule has 0 saturated carbocycles. The molecule has 0 spiro atoms. The monoisotopic (exact) mass is 264 g/mol. The highest BCUT2D eigenvalue weighted by atomic mass is 16.2. The molecule has 6 heteroatoms. The number of piperazine rings is 1. The summed E-state index contributed by atoms with van der Waals surface area (Å²) in [7, 11) is 1.79. The number of nitrogens with zero attached hydrogens (tertiary/aromatic N) is 3. The average molecular weight is 264 g/mol. The third kappa shape index (κ3) is 2.34. The standard InChI is InChI=1S/C13H20N4O2/c1-5-8(2)11-13(19)17(9(3)12(18)14-11)10-6-7-16(4)15-10/h6-9,11H,5H2,1-4H3,(H,14,18). The Bertz CT molecular complexity index is 497. The van der Waals surface area contributed by atoms with E-state index in [1.54, 1.807) is 30.9 Å². The van der Waals surface area contributed by atoms with Crippen LogP contribution in [0.25, 0.3) is 0 Å². The number of hydrogen-bond donors (Lipinski definition) is 1. The normalized spacial score (nSPS) is 25.4. The van der Waals surface area contributed by atoms with Gasteiger partial charge in [0.25, 0.3) is 5.91 Å². The lowest BCUT2D eigenvalue weighted by Gasteiger charge is -2.38.